The van der Waals surface area contributed by atoms with Gasteiger partial charge in [0.15, 0.2) is 11.6 Å². The van der Waals surface area contributed by atoms with Crippen molar-refractivity contribution < 1.29 is 13.2 Å². The molecule has 8 nitrogen and oxygen atoms in total. The number of sulfonamides is 1. The van der Waals surface area contributed by atoms with Crippen LogP contribution in [-0.4, -0.2) is 56.1 Å². The first-order valence-electron chi connectivity index (χ1n) is 7.55. The molecule has 1 aromatic carbocycles. The predicted octanol–water partition coefficient (Wildman–Crippen LogP) is 1.21. The number of anilines is 2. The summed E-state index contributed by atoms with van der Waals surface area (Å²) in [6.45, 7) is 2.54. The van der Waals surface area contributed by atoms with Crippen LogP contribution in [0.5, 0.6) is 0 Å². The zero-order valence-electron chi connectivity index (χ0n) is 13.2. The number of rotatable bonds is 5. The Bertz CT molecular complexity index is 852. The highest BCUT2D eigenvalue weighted by Gasteiger charge is 2.20. The minimum atomic E-state index is -3.84. The van der Waals surface area contributed by atoms with Gasteiger partial charge in [0.25, 0.3) is 10.0 Å². The monoisotopic (exact) mass is 381 g/mol. The van der Waals surface area contributed by atoms with E-state index in [0.717, 1.165) is 6.41 Å². The second-order valence-corrected chi connectivity index (χ2v) is 7.50. The third-order valence-corrected chi connectivity index (χ3v) is 5.66. The highest BCUT2D eigenvalue weighted by molar-refractivity contribution is 7.92. The van der Waals surface area contributed by atoms with Crippen molar-refractivity contribution in [2.24, 2.45) is 0 Å². The highest BCUT2D eigenvalue weighted by atomic mass is 35.5. The van der Waals surface area contributed by atoms with E-state index in [2.05, 4.69) is 14.9 Å². The summed E-state index contributed by atoms with van der Waals surface area (Å²) in [5.74, 6) is 0.737. The summed E-state index contributed by atoms with van der Waals surface area (Å²) in [6, 6.07) is 9.40. The average Bonchev–Trinajstić information content (AvgIpc) is 2.62. The van der Waals surface area contributed by atoms with Crippen LogP contribution in [0.3, 0.4) is 0 Å². The summed E-state index contributed by atoms with van der Waals surface area (Å²) in [6.07, 6.45) is 0.829. The molecule has 132 valence electrons. The largest absolute Gasteiger partial charge is 0.352 e. The molecule has 0 unspecified atom stereocenters. The predicted molar refractivity (Wildman–Crippen MR) is 94.1 cm³/mol. The third-order valence-electron chi connectivity index (χ3n) is 3.80. The number of benzene rings is 1. The Kier molecular flexibility index (Phi) is 5.05. The Morgan fingerprint density at radius 2 is 1.76 bits per heavy atom. The number of hydrogen-bond acceptors (Lipinski definition) is 6. The molecule has 0 radical (unpaired) electrons. The second kappa shape index (κ2) is 7.24. The van der Waals surface area contributed by atoms with Gasteiger partial charge >= 0.3 is 0 Å². The van der Waals surface area contributed by atoms with Crippen molar-refractivity contribution in [2.45, 2.75) is 4.90 Å². The summed E-state index contributed by atoms with van der Waals surface area (Å²) < 4.78 is 27.1. The topological polar surface area (TPSA) is 95.5 Å². The van der Waals surface area contributed by atoms with Gasteiger partial charge in [-0.25, -0.2) is 8.42 Å². The van der Waals surface area contributed by atoms with Crippen molar-refractivity contribution >= 4 is 39.7 Å². The lowest BCUT2D eigenvalue weighted by molar-refractivity contribution is -0.118. The fraction of sp³-hybridized carbons (Fsp3) is 0.267. The summed E-state index contributed by atoms with van der Waals surface area (Å²) in [4.78, 5) is 14.4. The molecule has 0 bridgehead atoms. The van der Waals surface area contributed by atoms with Crippen LogP contribution in [0.1, 0.15) is 0 Å². The zero-order valence-corrected chi connectivity index (χ0v) is 14.7. The van der Waals surface area contributed by atoms with Gasteiger partial charge in [-0.1, -0.05) is 23.7 Å². The van der Waals surface area contributed by atoms with Crippen molar-refractivity contribution in [1.29, 1.82) is 0 Å². The number of hydrogen-bond donors (Lipinski definition) is 1. The van der Waals surface area contributed by atoms with Crippen LogP contribution in [-0.2, 0) is 14.8 Å². The third kappa shape index (κ3) is 3.99. The molecule has 1 aliphatic heterocycles. The fourth-order valence-corrected chi connectivity index (χ4v) is 3.98. The van der Waals surface area contributed by atoms with Gasteiger partial charge in [0.05, 0.1) is 5.02 Å². The fourth-order valence-electron chi connectivity index (χ4n) is 2.46. The zero-order chi connectivity index (χ0) is 17.9. The summed E-state index contributed by atoms with van der Waals surface area (Å²) in [7, 11) is -3.84. The average molecular weight is 382 g/mol. The van der Waals surface area contributed by atoms with E-state index in [-0.39, 0.29) is 15.7 Å². The first kappa shape index (κ1) is 17.4. The molecule has 0 aliphatic carbocycles. The SMILES string of the molecule is O=CN1CCN(c2ccc(NS(=O)(=O)c3ccccc3Cl)nn2)CC1. The maximum atomic E-state index is 12.4. The van der Waals surface area contributed by atoms with Crippen LogP contribution >= 0.6 is 11.6 Å². The Labute approximate surface area is 150 Å². The van der Waals surface area contributed by atoms with Crippen molar-refractivity contribution in [3.63, 3.8) is 0 Å². The molecule has 3 rings (SSSR count). The van der Waals surface area contributed by atoms with Gasteiger partial charge in [0, 0.05) is 26.2 Å². The Hall–Kier alpha value is -2.39. The van der Waals surface area contributed by atoms with Gasteiger partial charge in [0.1, 0.15) is 4.90 Å². The maximum absolute atomic E-state index is 12.4. The number of halogens is 1. The van der Waals surface area contributed by atoms with Crippen LogP contribution in [0.25, 0.3) is 0 Å². The lowest BCUT2D eigenvalue weighted by Gasteiger charge is -2.32. The standard InChI is InChI=1S/C15H16ClN5O3S/c16-12-3-1-2-4-13(12)25(23,24)19-14-5-6-15(18-17-14)21-9-7-20(11-22)8-10-21/h1-6,11H,7-10H2,(H,17,19). The molecule has 2 heterocycles. The quantitative estimate of drug-likeness (QED) is 0.782. The van der Waals surface area contributed by atoms with Crippen LogP contribution in [0.4, 0.5) is 11.6 Å². The lowest BCUT2D eigenvalue weighted by Crippen LogP contribution is -2.46. The maximum Gasteiger partial charge on any atom is 0.264 e. The molecule has 1 N–H and O–H groups in total. The molecule has 1 aromatic heterocycles. The second-order valence-electron chi connectivity index (χ2n) is 5.44. The normalized spacial score (nSPS) is 15.1. The first-order chi connectivity index (χ1) is 12.0. The van der Waals surface area contributed by atoms with Crippen molar-refractivity contribution in [2.75, 3.05) is 35.8 Å². The molecule has 1 amide bonds. The summed E-state index contributed by atoms with van der Waals surface area (Å²) in [5.41, 5.74) is 0. The van der Waals surface area contributed by atoms with E-state index in [9.17, 15) is 13.2 Å². The van der Waals surface area contributed by atoms with Gasteiger partial charge in [-0.15, -0.1) is 10.2 Å². The number of nitrogens with zero attached hydrogens (tertiary/aromatic N) is 4. The Morgan fingerprint density at radius 3 is 2.36 bits per heavy atom. The minimum Gasteiger partial charge on any atom is -0.352 e. The Balaban J connectivity index is 1.71. The molecule has 25 heavy (non-hydrogen) atoms. The van der Waals surface area contributed by atoms with Crippen molar-refractivity contribution in [3.8, 4) is 0 Å². The molecule has 10 heteroatoms. The van der Waals surface area contributed by atoms with Crippen LogP contribution in [0, 0.1) is 0 Å². The van der Waals surface area contributed by atoms with Crippen molar-refractivity contribution in [1.82, 2.24) is 15.1 Å². The van der Waals surface area contributed by atoms with Crippen LogP contribution in [0.2, 0.25) is 5.02 Å². The number of nitrogens with one attached hydrogen (secondary N) is 1. The van der Waals surface area contributed by atoms with Gasteiger partial charge in [-0.2, -0.15) is 0 Å². The van der Waals surface area contributed by atoms with E-state index < -0.39 is 10.0 Å². The molecule has 1 saturated heterocycles. The number of carbonyl (C=O) groups is 1. The smallest absolute Gasteiger partial charge is 0.264 e. The molecule has 1 fully saturated rings. The Morgan fingerprint density at radius 1 is 1.04 bits per heavy atom. The van der Waals surface area contributed by atoms with Gasteiger partial charge < -0.3 is 9.80 Å². The molecule has 1 aliphatic rings. The van der Waals surface area contributed by atoms with E-state index >= 15 is 0 Å². The van der Waals surface area contributed by atoms with Gasteiger partial charge in [-0.05, 0) is 24.3 Å². The molecule has 0 spiro atoms. The van der Waals surface area contributed by atoms with Crippen LogP contribution < -0.4 is 9.62 Å². The molecule has 0 saturated carbocycles. The van der Waals surface area contributed by atoms with E-state index in [1.165, 1.54) is 12.1 Å². The van der Waals surface area contributed by atoms with E-state index in [1.807, 2.05) is 4.90 Å². The lowest BCUT2D eigenvalue weighted by atomic mass is 10.3. The van der Waals surface area contributed by atoms with E-state index in [0.29, 0.717) is 32.0 Å². The minimum absolute atomic E-state index is 0.0208. The van der Waals surface area contributed by atoms with Crippen molar-refractivity contribution in [3.05, 3.63) is 41.4 Å². The number of aromatic nitrogens is 2. The van der Waals surface area contributed by atoms with E-state index in [4.69, 9.17) is 11.6 Å². The van der Waals surface area contributed by atoms with Crippen LogP contribution in [0.15, 0.2) is 41.3 Å². The number of piperazine rings is 1. The molecular formula is C15H16ClN5O3S. The summed E-state index contributed by atoms with van der Waals surface area (Å²) >= 11 is 5.93. The number of amides is 1. The first-order valence-corrected chi connectivity index (χ1v) is 9.41. The molecule has 2 aromatic rings. The van der Waals surface area contributed by atoms with Gasteiger partial charge in [0.2, 0.25) is 6.41 Å². The molecule has 0 atom stereocenters. The summed E-state index contributed by atoms with van der Waals surface area (Å²) in [5, 5.41) is 8.12. The number of carbonyl (C=O) groups excluding carboxylic acids is 1. The van der Waals surface area contributed by atoms with E-state index in [1.54, 1.807) is 29.2 Å². The highest BCUT2D eigenvalue weighted by Crippen LogP contribution is 2.23. The molecular weight excluding hydrogens is 366 g/mol. The van der Waals surface area contributed by atoms with Gasteiger partial charge in [-0.3, -0.25) is 9.52 Å².